The van der Waals surface area contributed by atoms with Gasteiger partial charge in [0, 0.05) is 12.8 Å². The molecule has 0 amide bonds. The fourth-order valence-electron chi connectivity index (χ4n) is 10.1. The Labute approximate surface area is 486 Å². The van der Waals surface area contributed by atoms with Crippen LogP contribution in [0, 0.1) is 0 Å². The summed E-state index contributed by atoms with van der Waals surface area (Å²) in [7, 11) is 0. The average Bonchev–Trinajstić information content (AvgIpc) is 3.44. The SMILES string of the molecule is CC/C=C\C/C=C\C/C=C\C/C=C\CCCCCCCCCCCCCCCCCCCCC(=O)OC(CO)COC(=O)CCCCCCCCCCCCCCCCCCCC/C=C\C/C=C\C/C=C\CCCCCCC. The lowest BCUT2D eigenvalue weighted by atomic mass is 10.0. The van der Waals surface area contributed by atoms with E-state index in [1.54, 1.807) is 0 Å². The molecule has 0 heterocycles. The summed E-state index contributed by atoms with van der Waals surface area (Å²) < 4.78 is 10.8. The Kier molecular flexibility index (Phi) is 65.8. The van der Waals surface area contributed by atoms with Crippen LogP contribution in [-0.2, 0) is 19.1 Å². The van der Waals surface area contributed by atoms with Crippen LogP contribution in [0.3, 0.4) is 0 Å². The molecule has 0 aliphatic carbocycles. The van der Waals surface area contributed by atoms with Gasteiger partial charge in [-0.05, 0) is 89.9 Å². The summed E-state index contributed by atoms with van der Waals surface area (Å²) in [5, 5.41) is 9.70. The van der Waals surface area contributed by atoms with Gasteiger partial charge in [-0.1, -0.05) is 330 Å². The predicted octanol–water partition coefficient (Wildman–Crippen LogP) is 23.7. The molecule has 0 saturated carbocycles. The van der Waals surface area contributed by atoms with E-state index in [1.807, 2.05) is 0 Å². The molecular weight excluding hydrogens is 957 g/mol. The molecule has 1 atom stereocenters. The second kappa shape index (κ2) is 68.4. The van der Waals surface area contributed by atoms with E-state index in [9.17, 15) is 14.7 Å². The number of hydrogen-bond acceptors (Lipinski definition) is 5. The highest BCUT2D eigenvalue weighted by atomic mass is 16.6. The van der Waals surface area contributed by atoms with Gasteiger partial charge in [0.15, 0.2) is 6.10 Å². The number of rotatable bonds is 63. The molecule has 78 heavy (non-hydrogen) atoms. The molecule has 0 bridgehead atoms. The van der Waals surface area contributed by atoms with Crippen LogP contribution >= 0.6 is 0 Å². The Morgan fingerprint density at radius 1 is 0.308 bits per heavy atom. The van der Waals surface area contributed by atoms with Crippen molar-refractivity contribution in [3.63, 3.8) is 0 Å². The van der Waals surface area contributed by atoms with Crippen LogP contribution in [0.2, 0.25) is 0 Å². The largest absolute Gasteiger partial charge is 0.462 e. The van der Waals surface area contributed by atoms with Gasteiger partial charge in [-0.2, -0.15) is 0 Å². The summed E-state index contributed by atoms with van der Waals surface area (Å²) in [6, 6.07) is 0. The second-order valence-corrected chi connectivity index (χ2v) is 22.9. The molecule has 5 heteroatoms. The summed E-state index contributed by atoms with van der Waals surface area (Å²) in [4.78, 5) is 24.6. The van der Waals surface area contributed by atoms with E-state index in [4.69, 9.17) is 9.47 Å². The van der Waals surface area contributed by atoms with Crippen molar-refractivity contribution in [1.29, 1.82) is 0 Å². The van der Waals surface area contributed by atoms with Crippen molar-refractivity contribution >= 4 is 11.9 Å². The molecule has 0 aliphatic rings. The summed E-state index contributed by atoms with van der Waals surface area (Å²) >= 11 is 0. The highest BCUT2D eigenvalue weighted by molar-refractivity contribution is 5.70. The highest BCUT2D eigenvalue weighted by Crippen LogP contribution is 2.18. The quantitative estimate of drug-likeness (QED) is 0.0373. The molecular formula is C73H130O5. The van der Waals surface area contributed by atoms with Crippen molar-refractivity contribution in [2.75, 3.05) is 13.2 Å². The first-order chi connectivity index (χ1) is 38.6. The van der Waals surface area contributed by atoms with Gasteiger partial charge < -0.3 is 14.6 Å². The van der Waals surface area contributed by atoms with Crippen molar-refractivity contribution in [3.8, 4) is 0 Å². The van der Waals surface area contributed by atoms with Crippen molar-refractivity contribution in [2.24, 2.45) is 0 Å². The molecule has 5 nitrogen and oxygen atoms in total. The van der Waals surface area contributed by atoms with Crippen LogP contribution in [0.5, 0.6) is 0 Å². The number of unbranched alkanes of at least 4 members (excludes halogenated alkanes) is 41. The molecule has 0 fully saturated rings. The predicted molar refractivity (Wildman–Crippen MR) is 343 cm³/mol. The zero-order valence-corrected chi connectivity index (χ0v) is 51.9. The molecule has 0 saturated heterocycles. The molecule has 0 spiro atoms. The Morgan fingerprint density at radius 3 is 0.833 bits per heavy atom. The monoisotopic (exact) mass is 1090 g/mol. The van der Waals surface area contributed by atoms with Gasteiger partial charge in [0.2, 0.25) is 0 Å². The van der Waals surface area contributed by atoms with Crippen molar-refractivity contribution in [2.45, 2.75) is 354 Å². The summed E-state index contributed by atoms with van der Waals surface area (Å²) in [5.74, 6) is -0.575. The second-order valence-electron chi connectivity index (χ2n) is 22.9. The van der Waals surface area contributed by atoms with E-state index in [1.165, 1.54) is 244 Å². The molecule has 0 aliphatic heterocycles. The third-order valence-electron chi connectivity index (χ3n) is 15.2. The van der Waals surface area contributed by atoms with Crippen molar-refractivity contribution in [3.05, 3.63) is 85.1 Å². The molecule has 1 N–H and O–H groups in total. The Morgan fingerprint density at radius 2 is 0.551 bits per heavy atom. The van der Waals surface area contributed by atoms with Crippen LogP contribution in [-0.4, -0.2) is 36.4 Å². The van der Waals surface area contributed by atoms with E-state index >= 15 is 0 Å². The van der Waals surface area contributed by atoms with E-state index in [2.05, 4.69) is 98.9 Å². The highest BCUT2D eigenvalue weighted by Gasteiger charge is 2.16. The first-order valence-electron chi connectivity index (χ1n) is 34.1. The minimum Gasteiger partial charge on any atom is -0.462 e. The maximum absolute atomic E-state index is 12.4. The molecule has 0 radical (unpaired) electrons. The topological polar surface area (TPSA) is 72.8 Å². The molecule has 0 aromatic rings. The summed E-state index contributed by atoms with van der Waals surface area (Å²) in [5.41, 5.74) is 0. The Balaban J connectivity index is 3.43. The van der Waals surface area contributed by atoms with Crippen LogP contribution in [0.25, 0.3) is 0 Å². The Hall–Kier alpha value is -2.92. The number of carbonyl (C=O) groups is 2. The normalized spacial score (nSPS) is 12.7. The molecule has 0 rings (SSSR count). The smallest absolute Gasteiger partial charge is 0.306 e. The van der Waals surface area contributed by atoms with Gasteiger partial charge in [-0.25, -0.2) is 0 Å². The first kappa shape index (κ1) is 75.1. The fourth-order valence-corrected chi connectivity index (χ4v) is 10.1. The van der Waals surface area contributed by atoms with Gasteiger partial charge in [0.1, 0.15) is 6.61 Å². The maximum Gasteiger partial charge on any atom is 0.306 e. The van der Waals surface area contributed by atoms with Crippen LogP contribution < -0.4 is 0 Å². The maximum atomic E-state index is 12.4. The van der Waals surface area contributed by atoms with Gasteiger partial charge in [0.25, 0.3) is 0 Å². The van der Waals surface area contributed by atoms with E-state index in [0.717, 1.165) is 77.0 Å². The lowest BCUT2D eigenvalue weighted by molar-refractivity contribution is -0.161. The van der Waals surface area contributed by atoms with Crippen molar-refractivity contribution < 1.29 is 24.2 Å². The average molecular weight is 1090 g/mol. The van der Waals surface area contributed by atoms with E-state index in [-0.39, 0.29) is 25.2 Å². The van der Waals surface area contributed by atoms with E-state index in [0.29, 0.717) is 12.8 Å². The number of allylic oxidation sites excluding steroid dienone is 14. The number of hydrogen-bond donors (Lipinski definition) is 1. The summed E-state index contributed by atoms with van der Waals surface area (Å²) in [6.45, 7) is 4.06. The van der Waals surface area contributed by atoms with Crippen molar-refractivity contribution in [1.82, 2.24) is 0 Å². The zero-order chi connectivity index (χ0) is 56.2. The minimum atomic E-state index is -0.774. The number of carbonyl (C=O) groups excluding carboxylic acids is 2. The van der Waals surface area contributed by atoms with Gasteiger partial charge in [-0.3, -0.25) is 9.59 Å². The van der Waals surface area contributed by atoms with Crippen LogP contribution in [0.15, 0.2) is 85.1 Å². The first-order valence-corrected chi connectivity index (χ1v) is 34.1. The van der Waals surface area contributed by atoms with E-state index < -0.39 is 6.10 Å². The van der Waals surface area contributed by atoms with Crippen LogP contribution in [0.4, 0.5) is 0 Å². The lowest BCUT2D eigenvalue weighted by Gasteiger charge is -2.15. The number of esters is 2. The third-order valence-corrected chi connectivity index (χ3v) is 15.2. The van der Waals surface area contributed by atoms with Gasteiger partial charge in [0.05, 0.1) is 6.61 Å². The van der Waals surface area contributed by atoms with Crippen LogP contribution in [0.1, 0.15) is 348 Å². The standard InChI is InChI=1S/C73H130O5/c1-3-5-7-9-11-13-15-17-19-21-23-25-27-29-31-33-35-36-38-39-41-43-45-47-49-51-53-55-57-59-61-63-65-67-72(75)77-70-71(69-74)78-73(76)68-66-64-62-60-58-56-54-52-50-48-46-44-42-40-37-34-32-30-28-26-24-22-20-18-16-14-12-10-8-6-4-2/h6,8,12,14-15,17-18,20-21,23-24,26-27,29,71,74H,3-5,7,9-11,13,16,19,22,25,28,30-70H2,1-2H3/b8-6-,14-12-,17-15-,20-18-,23-21-,26-24-,29-27-. The number of aliphatic hydroxyl groups excluding tert-OH is 1. The summed E-state index contributed by atoms with van der Waals surface area (Å²) in [6.07, 6.45) is 96.1. The van der Waals surface area contributed by atoms with Gasteiger partial charge in [-0.15, -0.1) is 0 Å². The molecule has 452 valence electrons. The van der Waals surface area contributed by atoms with Gasteiger partial charge >= 0.3 is 11.9 Å². The molecule has 0 aromatic carbocycles. The fraction of sp³-hybridized carbons (Fsp3) is 0.781. The molecule has 1 unspecified atom stereocenters. The molecule has 0 aromatic heterocycles. The third kappa shape index (κ3) is 65.6. The Bertz CT molecular complexity index is 1420. The zero-order valence-electron chi connectivity index (χ0n) is 51.9. The number of ether oxygens (including phenoxy) is 2. The minimum absolute atomic E-state index is 0.0639. The lowest BCUT2D eigenvalue weighted by Crippen LogP contribution is -2.28. The number of aliphatic hydroxyl groups is 1.